The highest BCUT2D eigenvalue weighted by molar-refractivity contribution is 5.85. The Balaban J connectivity index is 0.00000243. The molecule has 1 aromatic rings. The summed E-state index contributed by atoms with van der Waals surface area (Å²) in [5, 5.41) is 5.70. The first kappa shape index (κ1) is 20.5. The highest BCUT2D eigenvalue weighted by atomic mass is 35.5. The van der Waals surface area contributed by atoms with Gasteiger partial charge in [0.1, 0.15) is 5.75 Å². The maximum atomic E-state index is 12.5. The van der Waals surface area contributed by atoms with Crippen molar-refractivity contribution in [2.24, 2.45) is 23.5 Å². The van der Waals surface area contributed by atoms with Crippen LogP contribution in [0, 0.1) is 17.8 Å². The van der Waals surface area contributed by atoms with Gasteiger partial charge in [-0.3, -0.25) is 9.59 Å². The molecule has 3 rings (SSSR count). The van der Waals surface area contributed by atoms with Crippen molar-refractivity contribution in [3.8, 4) is 5.75 Å². The van der Waals surface area contributed by atoms with Crippen LogP contribution in [0.3, 0.4) is 0 Å². The van der Waals surface area contributed by atoms with Crippen LogP contribution in [0.25, 0.3) is 0 Å². The number of benzene rings is 1. The Hall–Kier alpha value is -1.79. The lowest BCUT2D eigenvalue weighted by Crippen LogP contribution is -2.45. The number of carbonyl (C=O) groups is 2. The Morgan fingerprint density at radius 3 is 2.69 bits per heavy atom. The number of rotatable bonds is 7. The lowest BCUT2D eigenvalue weighted by Gasteiger charge is -2.27. The molecule has 2 amide bonds. The predicted molar refractivity (Wildman–Crippen MR) is 102 cm³/mol. The van der Waals surface area contributed by atoms with Gasteiger partial charge in [0.05, 0.1) is 5.92 Å². The van der Waals surface area contributed by atoms with Crippen molar-refractivity contribution >= 4 is 24.2 Å². The van der Waals surface area contributed by atoms with E-state index < -0.39 is 0 Å². The van der Waals surface area contributed by atoms with Crippen LogP contribution in [0.15, 0.2) is 24.3 Å². The van der Waals surface area contributed by atoms with E-state index in [1.807, 2.05) is 25.1 Å². The molecule has 1 aromatic carbocycles. The fraction of sp³-hybridized carbons (Fsp3) is 0.579. The fourth-order valence-corrected chi connectivity index (χ4v) is 4.17. The number of ether oxygens (including phenoxy) is 1. The number of fused-ring (bicyclic) bond motifs is 2. The van der Waals surface area contributed by atoms with Crippen molar-refractivity contribution in [1.82, 2.24) is 10.6 Å². The number of halogens is 1. The van der Waals surface area contributed by atoms with Crippen LogP contribution in [0.1, 0.15) is 31.7 Å². The zero-order valence-electron chi connectivity index (χ0n) is 15.1. The summed E-state index contributed by atoms with van der Waals surface area (Å²) in [6.45, 7) is 2.88. The summed E-state index contributed by atoms with van der Waals surface area (Å²) in [6, 6.07) is 7.44. The minimum atomic E-state index is -0.147. The van der Waals surface area contributed by atoms with E-state index in [-0.39, 0.29) is 42.8 Å². The summed E-state index contributed by atoms with van der Waals surface area (Å²) in [5.74, 6) is 1.46. The van der Waals surface area contributed by atoms with Gasteiger partial charge in [-0.25, -0.2) is 0 Å². The lowest BCUT2D eigenvalue weighted by molar-refractivity contribution is -0.127. The molecule has 2 bridgehead atoms. The van der Waals surface area contributed by atoms with Crippen molar-refractivity contribution in [3.05, 3.63) is 29.8 Å². The summed E-state index contributed by atoms with van der Waals surface area (Å²) in [7, 11) is 0. The Morgan fingerprint density at radius 2 is 2.00 bits per heavy atom. The van der Waals surface area contributed by atoms with Crippen molar-refractivity contribution in [1.29, 1.82) is 0 Å². The third kappa shape index (κ3) is 4.68. The van der Waals surface area contributed by atoms with E-state index in [1.54, 1.807) is 6.07 Å². The molecule has 0 saturated heterocycles. The van der Waals surface area contributed by atoms with Crippen LogP contribution in [0.5, 0.6) is 5.75 Å². The van der Waals surface area contributed by atoms with E-state index in [0.717, 1.165) is 18.4 Å². The molecule has 2 fully saturated rings. The Bertz CT molecular complexity index is 638. The van der Waals surface area contributed by atoms with Gasteiger partial charge >= 0.3 is 0 Å². The first-order valence-corrected chi connectivity index (χ1v) is 9.10. The molecule has 0 aromatic heterocycles. The van der Waals surface area contributed by atoms with Gasteiger partial charge in [-0.2, -0.15) is 0 Å². The van der Waals surface area contributed by atoms with E-state index in [2.05, 4.69) is 10.6 Å². The molecule has 0 heterocycles. The molecule has 4 atom stereocenters. The van der Waals surface area contributed by atoms with Gasteiger partial charge in [-0.1, -0.05) is 12.1 Å². The van der Waals surface area contributed by atoms with Gasteiger partial charge in [0.25, 0.3) is 5.91 Å². The van der Waals surface area contributed by atoms with E-state index in [0.29, 0.717) is 30.7 Å². The second-order valence-corrected chi connectivity index (χ2v) is 7.04. The molecule has 0 aliphatic heterocycles. The van der Waals surface area contributed by atoms with Crippen LogP contribution < -0.4 is 21.1 Å². The van der Waals surface area contributed by atoms with Gasteiger partial charge in [-0.15, -0.1) is 12.4 Å². The maximum Gasteiger partial charge on any atom is 0.257 e. The Kier molecular flexibility index (Phi) is 7.29. The van der Waals surface area contributed by atoms with E-state index >= 15 is 0 Å². The zero-order valence-corrected chi connectivity index (χ0v) is 15.9. The van der Waals surface area contributed by atoms with Gasteiger partial charge in [0.15, 0.2) is 6.61 Å². The maximum absolute atomic E-state index is 12.5. The summed E-state index contributed by atoms with van der Waals surface area (Å²) in [4.78, 5) is 24.0. The van der Waals surface area contributed by atoms with Gasteiger partial charge < -0.3 is 21.1 Å². The minimum absolute atomic E-state index is 0. The van der Waals surface area contributed by atoms with Crippen molar-refractivity contribution in [2.75, 3.05) is 13.2 Å². The number of nitrogens with one attached hydrogen (secondary N) is 2. The highest BCUT2D eigenvalue weighted by Gasteiger charge is 2.48. The second-order valence-electron chi connectivity index (χ2n) is 7.04. The second kappa shape index (κ2) is 9.24. The molecule has 7 heteroatoms. The number of amides is 2. The molecule has 2 aliphatic carbocycles. The molecular weight excluding hydrogens is 354 g/mol. The summed E-state index contributed by atoms with van der Waals surface area (Å²) >= 11 is 0. The van der Waals surface area contributed by atoms with Gasteiger partial charge in [-0.05, 0) is 55.7 Å². The van der Waals surface area contributed by atoms with E-state index in [9.17, 15) is 9.59 Å². The van der Waals surface area contributed by atoms with Crippen LogP contribution in [-0.2, 0) is 16.1 Å². The average molecular weight is 382 g/mol. The van der Waals surface area contributed by atoms with Crippen molar-refractivity contribution in [2.45, 2.75) is 38.8 Å². The molecule has 4 N–H and O–H groups in total. The normalized spacial score (nSPS) is 26.1. The molecule has 0 radical (unpaired) electrons. The first-order chi connectivity index (χ1) is 12.1. The molecule has 26 heavy (non-hydrogen) atoms. The molecule has 144 valence electrons. The van der Waals surface area contributed by atoms with Gasteiger partial charge in [0, 0.05) is 19.1 Å². The Morgan fingerprint density at radius 1 is 1.23 bits per heavy atom. The standard InChI is InChI=1S/C19H27N3O3.ClH/c1-2-21-16(23)11-25-15-5-3-4-12(8-15)10-22-19(24)17-13-6-7-14(9-13)18(17)20;/h3-5,8,13-14,17-18H,2,6-7,9-11,20H2,1H3,(H,21,23)(H,22,24);1H. The molecule has 6 nitrogen and oxygen atoms in total. The number of hydrogen-bond acceptors (Lipinski definition) is 4. The van der Waals surface area contributed by atoms with Crippen LogP contribution in [-0.4, -0.2) is 31.0 Å². The average Bonchev–Trinajstić information content (AvgIpc) is 3.20. The minimum Gasteiger partial charge on any atom is -0.484 e. The number of likely N-dealkylation sites (N-methyl/N-ethyl adjacent to an activating group) is 1. The number of nitrogens with two attached hydrogens (primary N) is 1. The van der Waals surface area contributed by atoms with Crippen LogP contribution in [0.4, 0.5) is 0 Å². The molecule has 2 aliphatic rings. The first-order valence-electron chi connectivity index (χ1n) is 9.10. The molecular formula is C19H28ClN3O3. The molecule has 2 saturated carbocycles. The summed E-state index contributed by atoms with van der Waals surface area (Å²) in [5.41, 5.74) is 7.17. The molecule has 4 unspecified atom stereocenters. The SMILES string of the molecule is CCNC(=O)COc1cccc(CNC(=O)C2C3CCC(C3)C2N)c1.Cl. The predicted octanol–water partition coefficient (Wildman–Crippen LogP) is 1.61. The molecule has 0 spiro atoms. The summed E-state index contributed by atoms with van der Waals surface area (Å²) in [6.07, 6.45) is 3.39. The topological polar surface area (TPSA) is 93.5 Å². The largest absolute Gasteiger partial charge is 0.484 e. The zero-order chi connectivity index (χ0) is 17.8. The monoisotopic (exact) mass is 381 g/mol. The third-order valence-corrected chi connectivity index (χ3v) is 5.39. The lowest BCUT2D eigenvalue weighted by atomic mass is 9.84. The third-order valence-electron chi connectivity index (χ3n) is 5.39. The number of carbonyl (C=O) groups excluding carboxylic acids is 2. The summed E-state index contributed by atoms with van der Waals surface area (Å²) < 4.78 is 5.48. The fourth-order valence-electron chi connectivity index (χ4n) is 4.17. The van der Waals surface area contributed by atoms with Gasteiger partial charge in [0.2, 0.25) is 5.91 Å². The smallest absolute Gasteiger partial charge is 0.257 e. The van der Waals surface area contributed by atoms with Crippen molar-refractivity contribution in [3.63, 3.8) is 0 Å². The van der Waals surface area contributed by atoms with Crippen LogP contribution >= 0.6 is 12.4 Å². The van der Waals surface area contributed by atoms with E-state index in [4.69, 9.17) is 10.5 Å². The number of hydrogen-bond donors (Lipinski definition) is 3. The highest BCUT2D eigenvalue weighted by Crippen LogP contribution is 2.47. The van der Waals surface area contributed by atoms with Crippen molar-refractivity contribution < 1.29 is 14.3 Å². The Labute approximate surface area is 160 Å². The van der Waals surface area contributed by atoms with Crippen LogP contribution in [0.2, 0.25) is 0 Å². The quantitative estimate of drug-likeness (QED) is 0.669. The van der Waals surface area contributed by atoms with E-state index in [1.165, 1.54) is 6.42 Å².